The number of amides is 3. The largest absolute Gasteiger partial charge is 0.351 e. The van der Waals surface area contributed by atoms with Crippen LogP contribution in [-0.4, -0.2) is 59.9 Å². The Hall–Kier alpha value is -2.90. The third-order valence-corrected chi connectivity index (χ3v) is 5.01. The number of nitrogens with one attached hydrogen (secondary N) is 1. The molecule has 0 radical (unpaired) electrons. The van der Waals surface area contributed by atoms with Gasteiger partial charge in [0.15, 0.2) is 6.17 Å². The summed E-state index contributed by atoms with van der Waals surface area (Å²) >= 11 is 5.90. The van der Waals surface area contributed by atoms with Crippen LogP contribution in [0.4, 0.5) is 0 Å². The van der Waals surface area contributed by atoms with Crippen LogP contribution >= 0.6 is 11.6 Å². The summed E-state index contributed by atoms with van der Waals surface area (Å²) < 4.78 is 0. The van der Waals surface area contributed by atoms with E-state index < -0.39 is 12.1 Å². The van der Waals surface area contributed by atoms with Crippen molar-refractivity contribution in [3.8, 4) is 0 Å². The Morgan fingerprint density at radius 1 is 0.966 bits per heavy atom. The van der Waals surface area contributed by atoms with Gasteiger partial charge in [-0.3, -0.25) is 14.4 Å². The van der Waals surface area contributed by atoms with Crippen molar-refractivity contribution in [2.24, 2.45) is 5.73 Å². The molecule has 29 heavy (non-hydrogen) atoms. The monoisotopic (exact) mass is 414 g/mol. The molecule has 0 aliphatic carbocycles. The van der Waals surface area contributed by atoms with E-state index in [1.807, 2.05) is 19.1 Å². The number of halogens is 1. The number of nitrogens with zero attached hydrogens (tertiary/aromatic N) is 2. The smallest absolute Gasteiger partial charge is 0.263 e. The topological polar surface area (TPSA) is 95.7 Å². The van der Waals surface area contributed by atoms with E-state index in [0.29, 0.717) is 16.1 Å². The molecule has 8 heteroatoms. The standard InChI is InChI=1S/C21H23ClN4O3/c1-14-2-4-15(5-3-14)20(28)25-12-13-26(19(25)18(27)24-11-10-23)21(29)16-6-8-17(22)9-7-16/h2-9,19H,10-13,23H2,1H3,(H,24,27). The van der Waals surface area contributed by atoms with E-state index >= 15 is 0 Å². The number of rotatable bonds is 5. The molecule has 0 aromatic heterocycles. The Labute approximate surface area is 174 Å². The fraction of sp³-hybridized carbons (Fsp3) is 0.286. The molecule has 7 nitrogen and oxygen atoms in total. The third kappa shape index (κ3) is 4.58. The number of carbonyl (C=O) groups excluding carboxylic acids is 3. The first-order chi connectivity index (χ1) is 13.9. The van der Waals surface area contributed by atoms with Crippen LogP contribution in [0.3, 0.4) is 0 Å². The van der Waals surface area contributed by atoms with Crippen molar-refractivity contribution < 1.29 is 14.4 Å². The highest BCUT2D eigenvalue weighted by molar-refractivity contribution is 6.30. The molecule has 2 aromatic carbocycles. The van der Waals surface area contributed by atoms with E-state index in [-0.39, 0.29) is 38.0 Å². The molecule has 0 saturated carbocycles. The van der Waals surface area contributed by atoms with Crippen LogP contribution in [0.5, 0.6) is 0 Å². The number of carbonyl (C=O) groups is 3. The Bertz CT molecular complexity index is 834. The minimum Gasteiger partial charge on any atom is -0.351 e. The lowest BCUT2D eigenvalue weighted by atomic mass is 10.1. The average Bonchev–Trinajstić information content (AvgIpc) is 3.17. The normalized spacial score (nSPS) is 16.0. The molecular formula is C21H23ClN4O3. The zero-order chi connectivity index (χ0) is 21.0. The predicted molar refractivity (Wildman–Crippen MR) is 111 cm³/mol. The van der Waals surface area contributed by atoms with Crippen molar-refractivity contribution in [1.29, 1.82) is 0 Å². The summed E-state index contributed by atoms with van der Waals surface area (Å²) in [6.45, 7) is 2.95. The SMILES string of the molecule is Cc1ccc(C(=O)N2CCN(C(=O)c3ccc(Cl)cc3)C2C(=O)NCCN)cc1. The van der Waals surface area contributed by atoms with Gasteiger partial charge in [0.1, 0.15) is 0 Å². The highest BCUT2D eigenvalue weighted by atomic mass is 35.5. The Morgan fingerprint density at radius 2 is 1.45 bits per heavy atom. The highest BCUT2D eigenvalue weighted by Crippen LogP contribution is 2.22. The van der Waals surface area contributed by atoms with Gasteiger partial charge in [0, 0.05) is 42.3 Å². The number of hydrogen-bond donors (Lipinski definition) is 2. The second-order valence-corrected chi connectivity index (χ2v) is 7.26. The molecule has 3 amide bonds. The van der Waals surface area contributed by atoms with Gasteiger partial charge in [0.05, 0.1) is 0 Å². The molecule has 1 unspecified atom stereocenters. The summed E-state index contributed by atoms with van der Waals surface area (Å²) in [4.78, 5) is 41.8. The maximum Gasteiger partial charge on any atom is 0.263 e. The van der Waals surface area contributed by atoms with Crippen molar-refractivity contribution >= 4 is 29.3 Å². The van der Waals surface area contributed by atoms with Crippen LogP contribution in [0.25, 0.3) is 0 Å². The van der Waals surface area contributed by atoms with Gasteiger partial charge < -0.3 is 20.9 Å². The van der Waals surface area contributed by atoms with Gasteiger partial charge in [-0.2, -0.15) is 0 Å². The van der Waals surface area contributed by atoms with Crippen molar-refractivity contribution in [3.63, 3.8) is 0 Å². The van der Waals surface area contributed by atoms with Gasteiger partial charge in [-0.1, -0.05) is 29.3 Å². The van der Waals surface area contributed by atoms with Crippen LogP contribution in [0.15, 0.2) is 48.5 Å². The van der Waals surface area contributed by atoms with Gasteiger partial charge in [-0.05, 0) is 43.3 Å². The first-order valence-electron chi connectivity index (χ1n) is 9.34. The maximum atomic E-state index is 13.1. The lowest BCUT2D eigenvalue weighted by Crippen LogP contribution is -2.54. The number of hydrogen-bond acceptors (Lipinski definition) is 4. The van der Waals surface area contributed by atoms with Crippen LogP contribution in [0.1, 0.15) is 26.3 Å². The minimum absolute atomic E-state index is 0.250. The van der Waals surface area contributed by atoms with Crippen LogP contribution < -0.4 is 11.1 Å². The molecule has 1 saturated heterocycles. The molecule has 1 fully saturated rings. The van der Waals surface area contributed by atoms with E-state index in [1.54, 1.807) is 36.4 Å². The summed E-state index contributed by atoms with van der Waals surface area (Å²) in [6, 6.07) is 13.5. The van der Waals surface area contributed by atoms with Crippen molar-refractivity contribution in [2.75, 3.05) is 26.2 Å². The quantitative estimate of drug-likeness (QED) is 0.777. The molecular weight excluding hydrogens is 392 g/mol. The van der Waals surface area contributed by atoms with E-state index in [4.69, 9.17) is 17.3 Å². The average molecular weight is 415 g/mol. The van der Waals surface area contributed by atoms with Crippen molar-refractivity contribution in [2.45, 2.75) is 13.1 Å². The Kier molecular flexibility index (Phi) is 6.51. The second kappa shape index (κ2) is 9.07. The maximum absolute atomic E-state index is 13.1. The molecule has 3 rings (SSSR count). The van der Waals surface area contributed by atoms with Crippen LogP contribution in [0, 0.1) is 6.92 Å². The van der Waals surface area contributed by atoms with Gasteiger partial charge in [0.2, 0.25) is 0 Å². The highest BCUT2D eigenvalue weighted by Gasteiger charge is 2.42. The van der Waals surface area contributed by atoms with Gasteiger partial charge in [-0.15, -0.1) is 0 Å². The summed E-state index contributed by atoms with van der Waals surface area (Å²) in [5, 5.41) is 3.20. The van der Waals surface area contributed by atoms with Gasteiger partial charge in [0.25, 0.3) is 17.7 Å². The molecule has 1 aliphatic heterocycles. The summed E-state index contributed by atoms with van der Waals surface area (Å²) in [6.07, 6.45) is -1.04. The third-order valence-electron chi connectivity index (χ3n) is 4.76. The minimum atomic E-state index is -1.04. The van der Waals surface area contributed by atoms with Crippen molar-refractivity contribution in [3.05, 3.63) is 70.2 Å². The molecule has 0 bridgehead atoms. The summed E-state index contributed by atoms with van der Waals surface area (Å²) in [5.74, 6) is -1.08. The lowest BCUT2D eigenvalue weighted by molar-refractivity contribution is -0.128. The number of nitrogens with two attached hydrogens (primary N) is 1. The van der Waals surface area contributed by atoms with E-state index in [9.17, 15) is 14.4 Å². The number of aryl methyl sites for hydroxylation is 1. The number of benzene rings is 2. The molecule has 2 aromatic rings. The Morgan fingerprint density at radius 3 is 1.93 bits per heavy atom. The van der Waals surface area contributed by atoms with Gasteiger partial charge in [-0.25, -0.2) is 0 Å². The van der Waals surface area contributed by atoms with Crippen LogP contribution in [0.2, 0.25) is 5.02 Å². The Balaban J connectivity index is 1.89. The zero-order valence-corrected chi connectivity index (χ0v) is 16.9. The van der Waals surface area contributed by atoms with Gasteiger partial charge >= 0.3 is 0 Å². The summed E-state index contributed by atoms with van der Waals surface area (Å²) in [7, 11) is 0. The fourth-order valence-electron chi connectivity index (χ4n) is 3.24. The molecule has 0 spiro atoms. The molecule has 1 atom stereocenters. The molecule has 1 heterocycles. The predicted octanol–water partition coefficient (Wildman–Crippen LogP) is 1.65. The molecule has 1 aliphatic rings. The first kappa shape index (κ1) is 20.8. The van der Waals surface area contributed by atoms with Crippen molar-refractivity contribution in [1.82, 2.24) is 15.1 Å². The lowest BCUT2D eigenvalue weighted by Gasteiger charge is -2.29. The fourth-order valence-corrected chi connectivity index (χ4v) is 3.37. The van der Waals surface area contributed by atoms with E-state index in [1.165, 1.54) is 9.80 Å². The first-order valence-corrected chi connectivity index (χ1v) is 9.72. The van der Waals surface area contributed by atoms with E-state index in [0.717, 1.165) is 5.56 Å². The molecule has 152 valence electrons. The van der Waals surface area contributed by atoms with E-state index in [2.05, 4.69) is 5.32 Å². The summed E-state index contributed by atoms with van der Waals surface area (Å²) in [5.41, 5.74) is 7.38. The second-order valence-electron chi connectivity index (χ2n) is 6.82. The van der Waals surface area contributed by atoms with Crippen LogP contribution in [-0.2, 0) is 4.79 Å². The zero-order valence-electron chi connectivity index (χ0n) is 16.1. The molecule has 3 N–H and O–H groups in total.